The second-order valence-electron chi connectivity index (χ2n) is 6.11. The van der Waals surface area contributed by atoms with Crippen LogP contribution in [-0.2, 0) is 17.8 Å². The highest BCUT2D eigenvalue weighted by molar-refractivity contribution is 8.15. The van der Waals surface area contributed by atoms with E-state index in [2.05, 4.69) is 15.6 Å². The van der Waals surface area contributed by atoms with Crippen LogP contribution in [0, 0.1) is 5.82 Å². The molecule has 8 nitrogen and oxygen atoms in total. The molecule has 2 aromatic rings. The molecule has 1 aliphatic rings. The number of imide groups is 1. The quantitative estimate of drug-likeness (QED) is 0.707. The Balaban J connectivity index is 1.69. The number of aromatic nitrogens is 1. The number of nitrogens with zero attached hydrogens (tertiary/aromatic N) is 1. The van der Waals surface area contributed by atoms with Crippen LogP contribution in [0.3, 0.4) is 0 Å². The second kappa shape index (κ2) is 8.91. The number of nitrogens with one attached hydrogen (secondary N) is 2. The lowest BCUT2D eigenvalue weighted by atomic mass is 10.0. The summed E-state index contributed by atoms with van der Waals surface area (Å²) in [6.45, 7) is -0.0728. The van der Waals surface area contributed by atoms with Crippen molar-refractivity contribution in [3.63, 3.8) is 0 Å². The molecule has 0 radical (unpaired) electrons. The summed E-state index contributed by atoms with van der Waals surface area (Å²) in [7, 11) is 2.82. The fraction of sp³-hybridized carbons (Fsp3) is 0.263. The zero-order valence-corrected chi connectivity index (χ0v) is 16.5. The number of pyridine rings is 1. The van der Waals surface area contributed by atoms with Gasteiger partial charge >= 0.3 is 0 Å². The Labute approximate surface area is 170 Å². The molecular formula is C19H18FN3O5S. The van der Waals surface area contributed by atoms with Crippen molar-refractivity contribution in [1.82, 2.24) is 15.6 Å². The molecule has 0 saturated carbocycles. The lowest BCUT2D eigenvalue weighted by Gasteiger charge is -2.12. The molecule has 1 saturated heterocycles. The van der Waals surface area contributed by atoms with E-state index < -0.39 is 22.2 Å². The van der Waals surface area contributed by atoms with E-state index in [1.165, 1.54) is 32.4 Å². The number of hydrogen-bond donors (Lipinski definition) is 2. The Kier molecular flexibility index (Phi) is 6.32. The van der Waals surface area contributed by atoms with Gasteiger partial charge in [-0.25, -0.2) is 4.39 Å². The third-order valence-corrected chi connectivity index (χ3v) is 5.20. The van der Waals surface area contributed by atoms with Gasteiger partial charge in [-0.1, -0.05) is 23.9 Å². The van der Waals surface area contributed by atoms with Crippen molar-refractivity contribution >= 4 is 28.8 Å². The van der Waals surface area contributed by atoms with E-state index in [1.54, 1.807) is 12.1 Å². The molecule has 0 spiro atoms. The number of rotatable bonds is 7. The SMILES string of the molecule is COc1ccc(C(=O)NCc2cc(CC3SC(=O)NC3=O)ccc2F)c(OC)n1. The maximum Gasteiger partial charge on any atom is 0.286 e. The first-order valence-electron chi connectivity index (χ1n) is 8.57. The van der Waals surface area contributed by atoms with E-state index in [1.807, 2.05) is 0 Å². The van der Waals surface area contributed by atoms with Crippen LogP contribution in [0.2, 0.25) is 0 Å². The molecule has 0 aliphatic carbocycles. The van der Waals surface area contributed by atoms with Gasteiger partial charge in [0.25, 0.3) is 11.1 Å². The van der Waals surface area contributed by atoms with Crippen molar-refractivity contribution in [1.29, 1.82) is 0 Å². The Morgan fingerprint density at radius 3 is 2.69 bits per heavy atom. The maximum atomic E-state index is 14.2. The molecule has 3 amide bonds. The normalized spacial score (nSPS) is 15.8. The summed E-state index contributed by atoms with van der Waals surface area (Å²) < 4.78 is 24.3. The molecule has 1 unspecified atom stereocenters. The number of methoxy groups -OCH3 is 2. The lowest BCUT2D eigenvalue weighted by molar-refractivity contribution is -0.118. The van der Waals surface area contributed by atoms with Gasteiger partial charge in [-0.3, -0.25) is 19.7 Å². The van der Waals surface area contributed by atoms with E-state index in [4.69, 9.17) is 9.47 Å². The van der Waals surface area contributed by atoms with Crippen LogP contribution in [0.5, 0.6) is 11.8 Å². The molecule has 1 aromatic carbocycles. The fourth-order valence-corrected chi connectivity index (χ4v) is 3.63. The van der Waals surface area contributed by atoms with Gasteiger partial charge in [0.2, 0.25) is 17.7 Å². The minimum atomic E-state index is -0.551. The average Bonchev–Trinajstić information content (AvgIpc) is 3.04. The smallest absolute Gasteiger partial charge is 0.286 e. The topological polar surface area (TPSA) is 107 Å². The second-order valence-corrected chi connectivity index (χ2v) is 7.28. The predicted octanol–water partition coefficient (Wildman–Crippen LogP) is 2.06. The first-order valence-corrected chi connectivity index (χ1v) is 9.45. The highest BCUT2D eigenvalue weighted by Gasteiger charge is 2.31. The summed E-state index contributed by atoms with van der Waals surface area (Å²) in [6, 6.07) is 7.40. The van der Waals surface area contributed by atoms with Crippen LogP contribution in [0.25, 0.3) is 0 Å². The van der Waals surface area contributed by atoms with Crippen LogP contribution in [0.4, 0.5) is 9.18 Å². The van der Waals surface area contributed by atoms with Crippen molar-refractivity contribution in [3.8, 4) is 11.8 Å². The molecule has 1 fully saturated rings. The minimum absolute atomic E-state index is 0.0728. The van der Waals surface area contributed by atoms with Crippen LogP contribution < -0.4 is 20.1 Å². The van der Waals surface area contributed by atoms with Gasteiger partial charge in [0.15, 0.2) is 0 Å². The van der Waals surface area contributed by atoms with Gasteiger partial charge in [0.1, 0.15) is 11.4 Å². The van der Waals surface area contributed by atoms with Gasteiger partial charge in [-0.05, 0) is 24.1 Å². The molecular weight excluding hydrogens is 401 g/mol. The summed E-state index contributed by atoms with van der Waals surface area (Å²) in [5.41, 5.74) is 1.12. The average molecular weight is 419 g/mol. The number of hydrogen-bond acceptors (Lipinski definition) is 7. The first kappa shape index (κ1) is 20.6. The largest absolute Gasteiger partial charge is 0.481 e. The standard InChI is InChI=1S/C19H18FN3O5S/c1-27-15-6-4-12(18(22-15)28-2)16(24)21-9-11-7-10(3-5-13(11)20)8-14-17(25)23-19(26)29-14/h3-7,14H,8-9H2,1-2H3,(H,21,24)(H,23,25,26). The number of halogens is 1. The van der Waals surface area contributed by atoms with E-state index >= 15 is 0 Å². The number of benzene rings is 1. The van der Waals surface area contributed by atoms with Gasteiger partial charge in [-0.2, -0.15) is 4.98 Å². The Bertz CT molecular complexity index is 969. The molecule has 3 rings (SSSR count). The molecule has 1 aromatic heterocycles. The number of amides is 3. The highest BCUT2D eigenvalue weighted by atomic mass is 32.2. The summed E-state index contributed by atoms with van der Waals surface area (Å²) in [4.78, 5) is 39.5. The fourth-order valence-electron chi connectivity index (χ4n) is 2.77. The zero-order chi connectivity index (χ0) is 21.0. The zero-order valence-electron chi connectivity index (χ0n) is 15.7. The molecule has 10 heteroatoms. The minimum Gasteiger partial charge on any atom is -0.481 e. The molecule has 29 heavy (non-hydrogen) atoms. The monoisotopic (exact) mass is 419 g/mol. The third-order valence-electron chi connectivity index (χ3n) is 4.22. The Morgan fingerprint density at radius 1 is 1.24 bits per heavy atom. The first-order chi connectivity index (χ1) is 13.9. The summed E-state index contributed by atoms with van der Waals surface area (Å²) >= 11 is 0.907. The van der Waals surface area contributed by atoms with Crippen LogP contribution in [0.15, 0.2) is 30.3 Å². The number of thioether (sulfide) groups is 1. The molecule has 1 atom stereocenters. The lowest BCUT2D eigenvalue weighted by Crippen LogP contribution is -2.26. The molecule has 152 valence electrons. The maximum absolute atomic E-state index is 14.2. The summed E-state index contributed by atoms with van der Waals surface area (Å²) in [6.07, 6.45) is 0.277. The van der Waals surface area contributed by atoms with Gasteiger partial charge < -0.3 is 14.8 Å². The summed E-state index contributed by atoms with van der Waals surface area (Å²) in [5.74, 6) is -0.959. The van der Waals surface area contributed by atoms with Crippen LogP contribution in [-0.4, -0.2) is 41.5 Å². The van der Waals surface area contributed by atoms with Crippen molar-refractivity contribution < 1.29 is 28.2 Å². The van der Waals surface area contributed by atoms with Crippen molar-refractivity contribution in [2.24, 2.45) is 0 Å². The number of carbonyl (C=O) groups is 3. The number of ether oxygens (including phenoxy) is 2. The van der Waals surface area contributed by atoms with E-state index in [-0.39, 0.29) is 35.9 Å². The van der Waals surface area contributed by atoms with Crippen molar-refractivity contribution in [2.75, 3.05) is 14.2 Å². The molecule has 1 aliphatic heterocycles. The van der Waals surface area contributed by atoms with Crippen LogP contribution in [0.1, 0.15) is 21.5 Å². The van der Waals surface area contributed by atoms with Crippen LogP contribution >= 0.6 is 11.8 Å². The van der Waals surface area contributed by atoms with Crippen molar-refractivity contribution in [3.05, 3.63) is 52.8 Å². The van der Waals surface area contributed by atoms with E-state index in [0.717, 1.165) is 11.8 Å². The Hall–Kier alpha value is -3.14. The molecule has 0 bridgehead atoms. The van der Waals surface area contributed by atoms with E-state index in [0.29, 0.717) is 11.4 Å². The van der Waals surface area contributed by atoms with E-state index in [9.17, 15) is 18.8 Å². The molecule has 2 heterocycles. The van der Waals surface area contributed by atoms with Gasteiger partial charge in [0, 0.05) is 18.2 Å². The van der Waals surface area contributed by atoms with Crippen molar-refractivity contribution in [2.45, 2.75) is 18.2 Å². The number of carbonyl (C=O) groups excluding carboxylic acids is 3. The predicted molar refractivity (Wildman–Crippen MR) is 104 cm³/mol. The van der Waals surface area contributed by atoms with Gasteiger partial charge in [0.05, 0.1) is 19.5 Å². The third kappa shape index (κ3) is 4.83. The highest BCUT2D eigenvalue weighted by Crippen LogP contribution is 2.24. The Morgan fingerprint density at radius 2 is 2.03 bits per heavy atom. The molecule has 2 N–H and O–H groups in total. The van der Waals surface area contributed by atoms with Gasteiger partial charge in [-0.15, -0.1) is 0 Å². The summed E-state index contributed by atoms with van der Waals surface area (Å²) in [5, 5.41) is 3.90.